The second kappa shape index (κ2) is 8.76. The lowest BCUT2D eigenvalue weighted by molar-refractivity contribution is -0.126. The van der Waals surface area contributed by atoms with Crippen LogP contribution in [0.5, 0.6) is 0 Å². The topological polar surface area (TPSA) is 93.5 Å². The number of hydrogen-bond acceptors (Lipinski definition) is 4. The van der Waals surface area contributed by atoms with Crippen LogP contribution in [0.3, 0.4) is 0 Å². The SMILES string of the molecule is COCCNC(=O)C(C)NC(=O)/C=C/c1ccc(N)cc1. The number of carbonyl (C=O) groups excluding carboxylic acids is 2. The highest BCUT2D eigenvalue weighted by Crippen LogP contribution is 2.06. The quantitative estimate of drug-likeness (QED) is 0.388. The molecule has 21 heavy (non-hydrogen) atoms. The predicted molar refractivity (Wildman–Crippen MR) is 82.4 cm³/mol. The van der Waals surface area contributed by atoms with E-state index < -0.39 is 6.04 Å². The number of ether oxygens (including phenoxy) is 1. The Bertz CT molecular complexity index is 497. The number of methoxy groups -OCH3 is 1. The van der Waals surface area contributed by atoms with E-state index in [1.807, 2.05) is 0 Å². The number of anilines is 1. The van der Waals surface area contributed by atoms with E-state index in [-0.39, 0.29) is 11.8 Å². The highest BCUT2D eigenvalue weighted by Gasteiger charge is 2.13. The Morgan fingerprint density at radius 3 is 2.62 bits per heavy atom. The summed E-state index contributed by atoms with van der Waals surface area (Å²) in [5.74, 6) is -0.581. The number of nitrogens with one attached hydrogen (secondary N) is 2. The Morgan fingerprint density at radius 1 is 1.33 bits per heavy atom. The summed E-state index contributed by atoms with van der Waals surface area (Å²) in [5.41, 5.74) is 7.10. The van der Waals surface area contributed by atoms with E-state index in [1.54, 1.807) is 44.4 Å². The van der Waals surface area contributed by atoms with Crippen LogP contribution >= 0.6 is 0 Å². The molecule has 0 aliphatic heterocycles. The zero-order chi connectivity index (χ0) is 15.7. The lowest BCUT2D eigenvalue weighted by Gasteiger charge is -2.12. The van der Waals surface area contributed by atoms with Crippen molar-refractivity contribution in [2.75, 3.05) is 26.0 Å². The van der Waals surface area contributed by atoms with Crippen molar-refractivity contribution in [3.05, 3.63) is 35.9 Å². The average Bonchev–Trinajstić information content (AvgIpc) is 2.46. The van der Waals surface area contributed by atoms with E-state index in [9.17, 15) is 9.59 Å². The normalized spacial score (nSPS) is 12.1. The molecule has 0 aliphatic carbocycles. The Hall–Kier alpha value is -2.34. The Labute approximate surface area is 124 Å². The summed E-state index contributed by atoms with van der Waals surface area (Å²) in [6.07, 6.45) is 3.04. The zero-order valence-electron chi connectivity index (χ0n) is 12.3. The van der Waals surface area contributed by atoms with Crippen LogP contribution in [-0.4, -0.2) is 38.1 Å². The van der Waals surface area contributed by atoms with Gasteiger partial charge in [0.1, 0.15) is 6.04 Å². The second-order valence-electron chi connectivity index (χ2n) is 4.51. The molecule has 6 nitrogen and oxygen atoms in total. The molecule has 0 spiro atoms. The molecule has 1 unspecified atom stereocenters. The standard InChI is InChI=1S/C15H21N3O3/c1-11(15(20)17-9-10-21-2)18-14(19)8-5-12-3-6-13(16)7-4-12/h3-8,11H,9-10,16H2,1-2H3,(H,17,20)(H,18,19)/b8-5+. The maximum absolute atomic E-state index is 11.7. The molecule has 0 fully saturated rings. The van der Waals surface area contributed by atoms with Crippen LogP contribution in [0.15, 0.2) is 30.3 Å². The summed E-state index contributed by atoms with van der Waals surface area (Å²) in [7, 11) is 1.55. The van der Waals surface area contributed by atoms with Crippen molar-refractivity contribution in [1.29, 1.82) is 0 Å². The molecule has 1 atom stereocenters. The van der Waals surface area contributed by atoms with Crippen LogP contribution in [-0.2, 0) is 14.3 Å². The summed E-state index contributed by atoms with van der Waals surface area (Å²) in [6.45, 7) is 2.47. The smallest absolute Gasteiger partial charge is 0.244 e. The third kappa shape index (κ3) is 6.58. The van der Waals surface area contributed by atoms with Gasteiger partial charge in [0.05, 0.1) is 6.61 Å². The van der Waals surface area contributed by atoms with Gasteiger partial charge in [-0.05, 0) is 30.7 Å². The highest BCUT2D eigenvalue weighted by molar-refractivity contribution is 5.95. The minimum atomic E-state index is -0.606. The van der Waals surface area contributed by atoms with Crippen LogP contribution in [0.1, 0.15) is 12.5 Å². The molecule has 0 heterocycles. The monoisotopic (exact) mass is 291 g/mol. The van der Waals surface area contributed by atoms with Crippen molar-refractivity contribution < 1.29 is 14.3 Å². The van der Waals surface area contributed by atoms with Gasteiger partial charge in [-0.15, -0.1) is 0 Å². The van der Waals surface area contributed by atoms with Gasteiger partial charge in [-0.1, -0.05) is 12.1 Å². The van der Waals surface area contributed by atoms with Gasteiger partial charge in [0, 0.05) is 25.4 Å². The third-order valence-electron chi connectivity index (χ3n) is 2.72. The number of nitrogen functional groups attached to an aromatic ring is 1. The number of rotatable bonds is 7. The van der Waals surface area contributed by atoms with Crippen molar-refractivity contribution in [3.8, 4) is 0 Å². The van der Waals surface area contributed by atoms with E-state index in [1.165, 1.54) is 6.08 Å². The van der Waals surface area contributed by atoms with Gasteiger partial charge in [-0.2, -0.15) is 0 Å². The van der Waals surface area contributed by atoms with Gasteiger partial charge in [-0.3, -0.25) is 9.59 Å². The molecular formula is C15H21N3O3. The molecule has 6 heteroatoms. The maximum Gasteiger partial charge on any atom is 0.244 e. The predicted octanol–water partition coefficient (Wildman–Crippen LogP) is 0.549. The Morgan fingerprint density at radius 2 is 2.00 bits per heavy atom. The summed E-state index contributed by atoms with van der Waals surface area (Å²) in [6, 6.07) is 6.51. The van der Waals surface area contributed by atoms with E-state index >= 15 is 0 Å². The van der Waals surface area contributed by atoms with Gasteiger partial charge >= 0.3 is 0 Å². The number of carbonyl (C=O) groups is 2. The van der Waals surface area contributed by atoms with Crippen LogP contribution in [0.2, 0.25) is 0 Å². The van der Waals surface area contributed by atoms with Crippen molar-refractivity contribution in [2.24, 2.45) is 0 Å². The fourth-order valence-electron chi connectivity index (χ4n) is 1.54. The molecule has 0 bridgehead atoms. The largest absolute Gasteiger partial charge is 0.399 e. The molecule has 1 aromatic carbocycles. The van der Waals surface area contributed by atoms with Crippen molar-refractivity contribution >= 4 is 23.6 Å². The summed E-state index contributed by atoms with van der Waals surface area (Å²) >= 11 is 0. The first kappa shape index (κ1) is 16.7. The molecule has 0 saturated carbocycles. The van der Waals surface area contributed by atoms with Crippen molar-refractivity contribution in [3.63, 3.8) is 0 Å². The van der Waals surface area contributed by atoms with Gasteiger partial charge in [0.2, 0.25) is 11.8 Å². The number of nitrogens with two attached hydrogens (primary N) is 1. The minimum absolute atomic E-state index is 0.249. The number of amides is 2. The molecule has 0 aromatic heterocycles. The fraction of sp³-hybridized carbons (Fsp3) is 0.333. The minimum Gasteiger partial charge on any atom is -0.399 e. The van der Waals surface area contributed by atoms with Crippen LogP contribution in [0.4, 0.5) is 5.69 Å². The summed E-state index contributed by atoms with van der Waals surface area (Å²) in [4.78, 5) is 23.3. The number of hydrogen-bond donors (Lipinski definition) is 3. The molecule has 0 aliphatic rings. The van der Waals surface area contributed by atoms with Crippen molar-refractivity contribution in [2.45, 2.75) is 13.0 Å². The second-order valence-corrected chi connectivity index (χ2v) is 4.51. The van der Waals surface area contributed by atoms with Gasteiger partial charge in [0.25, 0.3) is 0 Å². The van der Waals surface area contributed by atoms with Crippen LogP contribution in [0.25, 0.3) is 6.08 Å². The first-order valence-electron chi connectivity index (χ1n) is 6.63. The molecule has 4 N–H and O–H groups in total. The molecular weight excluding hydrogens is 270 g/mol. The van der Waals surface area contributed by atoms with Crippen LogP contribution in [0, 0.1) is 0 Å². The molecule has 2 amide bonds. The summed E-state index contributed by atoms with van der Waals surface area (Å²) in [5, 5.41) is 5.24. The van der Waals surface area contributed by atoms with E-state index in [0.29, 0.717) is 18.8 Å². The highest BCUT2D eigenvalue weighted by atomic mass is 16.5. The lowest BCUT2D eigenvalue weighted by Crippen LogP contribution is -2.45. The molecule has 114 valence electrons. The molecule has 0 radical (unpaired) electrons. The lowest BCUT2D eigenvalue weighted by atomic mass is 10.2. The molecule has 0 saturated heterocycles. The van der Waals surface area contributed by atoms with Gasteiger partial charge in [0.15, 0.2) is 0 Å². The fourth-order valence-corrected chi connectivity index (χ4v) is 1.54. The maximum atomic E-state index is 11.7. The Balaban J connectivity index is 2.41. The van der Waals surface area contributed by atoms with E-state index in [4.69, 9.17) is 10.5 Å². The average molecular weight is 291 g/mol. The van der Waals surface area contributed by atoms with Crippen molar-refractivity contribution in [1.82, 2.24) is 10.6 Å². The summed E-state index contributed by atoms with van der Waals surface area (Å²) < 4.78 is 4.83. The van der Waals surface area contributed by atoms with Gasteiger partial charge < -0.3 is 21.1 Å². The van der Waals surface area contributed by atoms with E-state index in [0.717, 1.165) is 5.56 Å². The molecule has 1 rings (SSSR count). The van der Waals surface area contributed by atoms with E-state index in [2.05, 4.69) is 10.6 Å². The first-order chi connectivity index (χ1) is 10.0. The Kier molecular flexibility index (Phi) is 6.97. The van der Waals surface area contributed by atoms with Crippen LogP contribution < -0.4 is 16.4 Å². The number of benzene rings is 1. The third-order valence-corrected chi connectivity index (χ3v) is 2.72. The van der Waals surface area contributed by atoms with Gasteiger partial charge in [-0.25, -0.2) is 0 Å². The molecule has 1 aromatic rings. The first-order valence-corrected chi connectivity index (χ1v) is 6.63. The zero-order valence-corrected chi connectivity index (χ0v) is 12.3.